The number of hydrogen-bond acceptors (Lipinski definition) is 19. The number of esters is 2. The summed E-state index contributed by atoms with van der Waals surface area (Å²) < 4.78 is 79.0. The van der Waals surface area contributed by atoms with Crippen molar-refractivity contribution in [1.29, 1.82) is 0 Å². The van der Waals surface area contributed by atoms with Crippen molar-refractivity contribution in [3.8, 4) is 5.75 Å². The minimum absolute atomic E-state index is 0.0274. The number of carboxylic acids is 1. The number of carbonyl (C=O) groups is 8. The highest BCUT2D eigenvalue weighted by molar-refractivity contribution is 7.47. The number of benzene rings is 1. The number of carboxylic acid groups (broad SMARTS) is 1. The summed E-state index contributed by atoms with van der Waals surface area (Å²) in [6, 6.07) is 4.74. The minimum Gasteiger partial charge on any atom is -0.492 e. The van der Waals surface area contributed by atoms with Gasteiger partial charge in [0, 0.05) is 64.5 Å². The Kier molecular flexibility index (Phi) is 81.4. The maximum Gasteiger partial charge on any atom is 0.472 e. The molecule has 0 aliphatic heterocycles. The van der Waals surface area contributed by atoms with E-state index in [2.05, 4.69) is 92.4 Å². The van der Waals surface area contributed by atoms with Crippen LogP contribution < -0.4 is 31.3 Å². The lowest BCUT2D eigenvalue weighted by Gasteiger charge is -2.22. The molecule has 0 bridgehead atoms. The molecule has 0 aromatic heterocycles. The number of hydrogen-bond donors (Lipinski definition) is 8. The lowest BCUT2D eigenvalue weighted by molar-refractivity contribution is -0.151. The molecule has 0 saturated carbocycles. The van der Waals surface area contributed by atoms with Crippen molar-refractivity contribution in [3.05, 3.63) is 54.1 Å². The average molecular weight is 1870 g/mol. The third-order valence-electron chi connectivity index (χ3n) is 22.6. The number of ether oxygens (including phenoxy) is 5. The summed E-state index contributed by atoms with van der Waals surface area (Å²) in [4.78, 5) is 127. The summed E-state index contributed by atoms with van der Waals surface area (Å²) in [7, 11) is -9.77. The standard InChI is InChI=1S/C100H181N5O22P2/c1-7-13-19-25-29-33-35-39-41-47-53-62-94(107)104-87(82-119-76-71-90(59-51-45-23-17-11-5)126-97(111)65-55-49-43-37-31-27-21-15-9-3)84-124-128(115,116)122-79-74-102-99(113)92(81-86-67-69-89(70-68-86)121-78-73-101-93(106)61-57-58-64-96(109)110)100(114)103-75-80-123-129(117,118)125-85-88(105-95(108)63-54-48-42-40-36-34-30-26-20-14-8-2)83-120-77-72-91(60-52-46-24-18-12-6)127-98(112)66-56-50-44-38-32-28-22-16-10-4/h37-38,43-44,67-70,87-88,90-92H,7-36,39-42,45-66,71-85H2,1-6H3,(H,101,106)(H,102,113)(H,103,114)(H,104,107)(H,105,108)(H,109,110)(H,115,116)(H,117,118)/t87?,88?,90-,91-,92?/m1/s1. The number of allylic oxidation sites excluding steroid dienone is 4. The van der Waals surface area contributed by atoms with Crippen molar-refractivity contribution in [2.24, 2.45) is 5.92 Å². The fourth-order valence-electron chi connectivity index (χ4n) is 14.8. The molecular weight excluding hydrogens is 1690 g/mol. The molecule has 748 valence electrons. The monoisotopic (exact) mass is 1870 g/mol. The van der Waals surface area contributed by atoms with Crippen LogP contribution in [0.5, 0.6) is 5.75 Å². The Labute approximate surface area is 779 Å². The normalized spacial score (nSPS) is 13.7. The fourth-order valence-corrected chi connectivity index (χ4v) is 16.3. The molecule has 1 aromatic carbocycles. The molecule has 0 heterocycles. The van der Waals surface area contributed by atoms with Gasteiger partial charge in [-0.15, -0.1) is 0 Å². The summed E-state index contributed by atoms with van der Waals surface area (Å²) in [5.74, 6) is -4.93. The average Bonchev–Trinajstić information content (AvgIpc) is 0.858. The van der Waals surface area contributed by atoms with E-state index in [4.69, 9.17) is 46.9 Å². The molecule has 29 heteroatoms. The molecular formula is C100H181N5O22P2. The zero-order valence-corrected chi connectivity index (χ0v) is 83.0. The molecule has 0 radical (unpaired) electrons. The van der Waals surface area contributed by atoms with Crippen LogP contribution in [0.4, 0.5) is 0 Å². The van der Waals surface area contributed by atoms with Crippen molar-refractivity contribution in [1.82, 2.24) is 26.6 Å². The van der Waals surface area contributed by atoms with Crippen molar-refractivity contribution in [2.75, 3.05) is 79.1 Å². The molecule has 0 spiro atoms. The first-order valence-corrected chi connectivity index (χ1v) is 54.0. The molecule has 0 fully saturated rings. The van der Waals surface area contributed by atoms with E-state index in [0.717, 1.165) is 154 Å². The van der Waals surface area contributed by atoms with E-state index in [1.54, 1.807) is 24.3 Å². The first-order valence-electron chi connectivity index (χ1n) is 51.0. The number of nitrogens with one attached hydrogen (secondary N) is 5. The molecule has 27 nitrogen and oxygen atoms in total. The Hall–Kier alpha value is -5.60. The second-order valence-electron chi connectivity index (χ2n) is 34.9. The van der Waals surface area contributed by atoms with Crippen LogP contribution in [0.2, 0.25) is 0 Å². The van der Waals surface area contributed by atoms with Gasteiger partial charge in [-0.25, -0.2) is 9.13 Å². The summed E-state index contributed by atoms with van der Waals surface area (Å²) in [5, 5.41) is 22.7. The highest BCUT2D eigenvalue weighted by Gasteiger charge is 2.31. The maximum atomic E-state index is 14.2. The van der Waals surface area contributed by atoms with Gasteiger partial charge in [-0.3, -0.25) is 56.5 Å². The van der Waals surface area contributed by atoms with Gasteiger partial charge in [-0.05, 0) is 127 Å². The quantitative estimate of drug-likeness (QED) is 0.00987. The Balaban J connectivity index is 3.35. The van der Waals surface area contributed by atoms with E-state index < -0.39 is 77.9 Å². The smallest absolute Gasteiger partial charge is 0.472 e. The zero-order valence-electron chi connectivity index (χ0n) is 81.2. The molecule has 0 aliphatic rings. The lowest BCUT2D eigenvalue weighted by atomic mass is 9.97. The predicted molar refractivity (Wildman–Crippen MR) is 515 cm³/mol. The van der Waals surface area contributed by atoms with Crippen LogP contribution in [-0.4, -0.2) is 166 Å². The molecule has 0 saturated heterocycles. The Morgan fingerprint density at radius 1 is 0.341 bits per heavy atom. The molecule has 5 amide bonds. The van der Waals surface area contributed by atoms with Crippen molar-refractivity contribution in [3.63, 3.8) is 0 Å². The zero-order chi connectivity index (χ0) is 94.4. The summed E-state index contributed by atoms with van der Waals surface area (Å²) in [6.07, 6.45) is 61.3. The van der Waals surface area contributed by atoms with Crippen LogP contribution in [-0.2, 0) is 90.9 Å². The first-order chi connectivity index (χ1) is 62.6. The van der Waals surface area contributed by atoms with Gasteiger partial charge in [0.25, 0.3) is 0 Å². The van der Waals surface area contributed by atoms with E-state index in [1.807, 2.05) is 0 Å². The first kappa shape index (κ1) is 121. The number of amides is 5. The van der Waals surface area contributed by atoms with E-state index >= 15 is 0 Å². The Morgan fingerprint density at radius 2 is 0.667 bits per heavy atom. The van der Waals surface area contributed by atoms with Gasteiger partial charge in [-0.2, -0.15) is 0 Å². The molecule has 129 heavy (non-hydrogen) atoms. The van der Waals surface area contributed by atoms with E-state index in [-0.39, 0.29) is 127 Å². The summed E-state index contributed by atoms with van der Waals surface area (Å²) in [5.41, 5.74) is 0.507. The lowest BCUT2D eigenvalue weighted by Crippen LogP contribution is -2.44. The van der Waals surface area contributed by atoms with Crippen LogP contribution >= 0.6 is 15.6 Å². The largest absolute Gasteiger partial charge is 0.492 e. The van der Waals surface area contributed by atoms with Gasteiger partial charge in [0.15, 0.2) is 0 Å². The number of phosphoric acid groups is 2. The number of unbranched alkanes of at least 4 members (excludes halogenated alkanes) is 39. The van der Waals surface area contributed by atoms with Crippen molar-refractivity contribution in [2.45, 2.75) is 445 Å². The predicted octanol–water partition coefficient (Wildman–Crippen LogP) is 22.6. The number of rotatable bonds is 95. The fraction of sp³-hybridized carbons (Fsp3) is 0.820. The van der Waals surface area contributed by atoms with Gasteiger partial charge in [-0.1, -0.05) is 296 Å². The molecule has 0 aliphatic carbocycles. The van der Waals surface area contributed by atoms with Gasteiger partial charge in [0.1, 0.15) is 30.5 Å². The third-order valence-corrected chi connectivity index (χ3v) is 24.6. The second-order valence-corrected chi connectivity index (χ2v) is 37.8. The Morgan fingerprint density at radius 3 is 1.05 bits per heavy atom. The summed E-state index contributed by atoms with van der Waals surface area (Å²) >= 11 is 0. The molecule has 4 unspecified atom stereocenters. The molecule has 1 aromatic rings. The van der Waals surface area contributed by atoms with Crippen LogP contribution in [0, 0.1) is 5.92 Å². The third kappa shape index (κ3) is 78.4. The number of phosphoric ester groups is 2. The topological polar surface area (TPSA) is 375 Å². The van der Waals surface area contributed by atoms with Gasteiger partial charge >= 0.3 is 33.6 Å². The molecule has 8 N–H and O–H groups in total. The van der Waals surface area contributed by atoms with E-state index in [9.17, 15) is 57.3 Å². The highest BCUT2D eigenvalue weighted by atomic mass is 31.2. The maximum absolute atomic E-state index is 14.2. The van der Waals surface area contributed by atoms with Crippen molar-refractivity contribution >= 4 is 63.1 Å². The SMILES string of the molecule is CCCCCCC=CCCCC(=O)O[C@H](CCCCCCC)CCOCC(COP(=O)(O)OCCNC(=O)C(Cc1ccc(OCCNC(=O)CCCCC(=O)O)cc1)C(=O)NCCOP(=O)(O)OCC(COCC[C@@H](CCCCCCC)OC(=O)CCCC=CCCCCCC)NC(=O)CCCCCCCCCCCCC)NC(=O)CCCCCCCCCCCCC. The van der Waals surface area contributed by atoms with Gasteiger partial charge in [0.05, 0.1) is 71.5 Å². The van der Waals surface area contributed by atoms with Crippen LogP contribution in [0.3, 0.4) is 0 Å². The second kappa shape index (κ2) is 86.5. The summed E-state index contributed by atoms with van der Waals surface area (Å²) in [6.45, 7) is 10.7. The van der Waals surface area contributed by atoms with Crippen molar-refractivity contribution < 1.29 is 104 Å². The molecule has 1 rings (SSSR count). The number of carbonyl (C=O) groups excluding carboxylic acids is 7. The molecule has 6 atom stereocenters. The van der Waals surface area contributed by atoms with Crippen LogP contribution in [0.25, 0.3) is 0 Å². The number of aliphatic carboxylic acids is 1. The van der Waals surface area contributed by atoms with Gasteiger partial charge < -0.3 is 65.2 Å². The van der Waals surface area contributed by atoms with Crippen LogP contribution in [0.1, 0.15) is 420 Å². The van der Waals surface area contributed by atoms with E-state index in [0.29, 0.717) is 88.4 Å². The van der Waals surface area contributed by atoms with E-state index in [1.165, 1.54) is 116 Å². The van der Waals surface area contributed by atoms with Crippen LogP contribution in [0.15, 0.2) is 48.6 Å². The Bertz CT molecular complexity index is 2940. The minimum atomic E-state index is -4.89. The van der Waals surface area contributed by atoms with Gasteiger partial charge in [0.2, 0.25) is 29.5 Å². The highest BCUT2D eigenvalue weighted by Crippen LogP contribution is 2.44.